The highest BCUT2D eigenvalue weighted by atomic mass is 16.5. The number of hydrogen-bond acceptors (Lipinski definition) is 6. The van der Waals surface area contributed by atoms with Crippen LogP contribution in [0.15, 0.2) is 24.3 Å². The van der Waals surface area contributed by atoms with Crippen LogP contribution < -0.4 is 20.7 Å². The van der Waals surface area contributed by atoms with Crippen molar-refractivity contribution in [2.45, 2.75) is 25.3 Å². The van der Waals surface area contributed by atoms with Crippen LogP contribution in [0.3, 0.4) is 0 Å². The Morgan fingerprint density at radius 1 is 1.31 bits per heavy atom. The molecular weight excluding hydrogens is 380 g/mol. The number of benzene rings is 1. The van der Waals surface area contributed by atoms with Gasteiger partial charge in [0.15, 0.2) is 5.54 Å². The van der Waals surface area contributed by atoms with Crippen molar-refractivity contribution in [3.63, 3.8) is 0 Å². The van der Waals surface area contributed by atoms with E-state index in [4.69, 9.17) is 9.47 Å². The fourth-order valence-electron chi connectivity index (χ4n) is 3.39. The van der Waals surface area contributed by atoms with Gasteiger partial charge in [-0.05, 0) is 19.4 Å². The Balaban J connectivity index is 1.59. The molecule has 2 aliphatic heterocycles. The van der Waals surface area contributed by atoms with E-state index in [0.717, 1.165) is 4.90 Å². The molecule has 2 aliphatic rings. The summed E-state index contributed by atoms with van der Waals surface area (Å²) < 4.78 is 10.7. The van der Waals surface area contributed by atoms with Gasteiger partial charge in [0, 0.05) is 31.7 Å². The zero-order chi connectivity index (χ0) is 20.9. The maximum Gasteiger partial charge on any atom is 0.325 e. The van der Waals surface area contributed by atoms with E-state index in [2.05, 4.69) is 16.0 Å². The quantitative estimate of drug-likeness (QED) is 0.448. The summed E-state index contributed by atoms with van der Waals surface area (Å²) in [6.07, 6.45) is 0.861. The van der Waals surface area contributed by atoms with E-state index in [-0.39, 0.29) is 13.0 Å². The van der Waals surface area contributed by atoms with Crippen LogP contribution in [0.25, 0.3) is 0 Å². The summed E-state index contributed by atoms with van der Waals surface area (Å²) in [4.78, 5) is 50.2. The Bertz CT molecular complexity index is 814. The van der Waals surface area contributed by atoms with Crippen LogP contribution in [0.2, 0.25) is 0 Å². The highest BCUT2D eigenvalue weighted by Gasteiger charge is 2.55. The number of fused-ring (bicyclic) bond motifs is 2. The summed E-state index contributed by atoms with van der Waals surface area (Å²) in [7, 11) is 0. The Morgan fingerprint density at radius 2 is 2.10 bits per heavy atom. The van der Waals surface area contributed by atoms with Gasteiger partial charge >= 0.3 is 12.1 Å². The molecule has 0 unspecified atom stereocenters. The molecule has 0 aliphatic carbocycles. The molecule has 1 saturated heterocycles. The predicted molar refractivity (Wildman–Crippen MR) is 101 cm³/mol. The molecular formula is C19H24N4O6. The van der Waals surface area contributed by atoms with Gasteiger partial charge in [-0.15, -0.1) is 0 Å². The topological polar surface area (TPSA) is 126 Å². The molecule has 156 valence electrons. The summed E-state index contributed by atoms with van der Waals surface area (Å²) in [6.45, 7) is 3.00. The molecule has 1 atom stereocenters. The lowest BCUT2D eigenvalue weighted by atomic mass is 9.84. The molecule has 2 heterocycles. The van der Waals surface area contributed by atoms with E-state index in [1.807, 2.05) is 6.92 Å². The molecule has 3 N–H and O–H groups in total. The number of carbonyl (C=O) groups is 4. The van der Waals surface area contributed by atoms with Crippen LogP contribution in [0.1, 0.15) is 25.3 Å². The van der Waals surface area contributed by atoms with Crippen molar-refractivity contribution in [2.75, 3.05) is 32.9 Å². The second-order valence-corrected chi connectivity index (χ2v) is 6.68. The molecule has 1 spiro atoms. The van der Waals surface area contributed by atoms with E-state index in [1.165, 1.54) is 0 Å². The third kappa shape index (κ3) is 4.32. The minimum absolute atomic E-state index is 0.257. The fourth-order valence-corrected chi connectivity index (χ4v) is 3.39. The number of carbonyl (C=O) groups excluding carboxylic acids is 4. The molecule has 1 aromatic rings. The van der Waals surface area contributed by atoms with Crippen molar-refractivity contribution < 1.29 is 28.7 Å². The first kappa shape index (κ1) is 20.6. The highest BCUT2D eigenvalue weighted by molar-refractivity contribution is 6.10. The lowest BCUT2D eigenvalue weighted by molar-refractivity contribution is -0.135. The van der Waals surface area contributed by atoms with E-state index in [0.29, 0.717) is 37.5 Å². The van der Waals surface area contributed by atoms with Gasteiger partial charge in [0.25, 0.3) is 5.91 Å². The van der Waals surface area contributed by atoms with Crippen LogP contribution >= 0.6 is 0 Å². The third-order valence-electron chi connectivity index (χ3n) is 4.77. The Hall–Kier alpha value is -3.14. The normalized spacial score (nSPS) is 20.1. The molecule has 6 amide bonds. The smallest absolute Gasteiger partial charge is 0.325 e. The van der Waals surface area contributed by atoms with Crippen LogP contribution in [0.5, 0.6) is 5.75 Å². The van der Waals surface area contributed by atoms with Crippen molar-refractivity contribution in [3.8, 4) is 5.75 Å². The van der Waals surface area contributed by atoms with E-state index in [1.54, 1.807) is 24.3 Å². The maximum absolute atomic E-state index is 13.0. The molecule has 10 heteroatoms. The SMILES string of the molecule is CCOCCCNC(=O)NC(=O)CN1C(=O)N[C@]2(CCOc3ccccc32)C1=O. The first-order chi connectivity index (χ1) is 14.0. The van der Waals surface area contributed by atoms with Crippen molar-refractivity contribution in [1.29, 1.82) is 0 Å². The van der Waals surface area contributed by atoms with Gasteiger partial charge < -0.3 is 20.1 Å². The van der Waals surface area contributed by atoms with Crippen LogP contribution in [0.4, 0.5) is 9.59 Å². The lowest BCUT2D eigenvalue weighted by Gasteiger charge is -2.33. The third-order valence-corrected chi connectivity index (χ3v) is 4.77. The first-order valence-electron chi connectivity index (χ1n) is 9.50. The number of nitrogens with one attached hydrogen (secondary N) is 3. The van der Waals surface area contributed by atoms with Gasteiger partial charge in [-0.1, -0.05) is 18.2 Å². The van der Waals surface area contributed by atoms with Gasteiger partial charge in [0.1, 0.15) is 12.3 Å². The van der Waals surface area contributed by atoms with Crippen LogP contribution in [-0.2, 0) is 19.9 Å². The van der Waals surface area contributed by atoms with Gasteiger partial charge in [-0.2, -0.15) is 0 Å². The van der Waals surface area contributed by atoms with Crippen LogP contribution in [-0.4, -0.2) is 61.7 Å². The predicted octanol–water partition coefficient (Wildman–Crippen LogP) is 0.469. The summed E-state index contributed by atoms with van der Waals surface area (Å²) >= 11 is 0. The number of imide groups is 2. The zero-order valence-corrected chi connectivity index (χ0v) is 16.2. The summed E-state index contributed by atoms with van der Waals surface area (Å²) in [5.74, 6) is -0.774. The van der Waals surface area contributed by atoms with Crippen molar-refractivity contribution in [2.24, 2.45) is 0 Å². The number of urea groups is 2. The first-order valence-corrected chi connectivity index (χ1v) is 9.50. The molecule has 3 rings (SSSR count). The number of hydrogen-bond donors (Lipinski definition) is 3. The zero-order valence-electron chi connectivity index (χ0n) is 16.2. The Kier molecular flexibility index (Phi) is 6.32. The highest BCUT2D eigenvalue weighted by Crippen LogP contribution is 2.40. The van der Waals surface area contributed by atoms with E-state index >= 15 is 0 Å². The van der Waals surface area contributed by atoms with Crippen molar-refractivity contribution >= 4 is 23.9 Å². The number of nitrogens with zero attached hydrogens (tertiary/aromatic N) is 1. The Labute approximate surface area is 167 Å². The molecule has 29 heavy (non-hydrogen) atoms. The molecule has 0 bridgehead atoms. The molecule has 0 aromatic heterocycles. The standard InChI is InChI=1S/C19H24N4O6/c1-2-28-10-5-9-20-17(26)21-15(24)12-23-16(25)19(22-18(23)27)8-11-29-14-7-4-3-6-13(14)19/h3-4,6-7H,2,5,8-12H2,1H3,(H,22,27)(H2,20,21,24,26)/t19-/m0/s1. The monoisotopic (exact) mass is 404 g/mol. The van der Waals surface area contributed by atoms with Crippen LogP contribution in [0, 0.1) is 0 Å². The number of rotatable bonds is 7. The molecule has 1 fully saturated rings. The van der Waals surface area contributed by atoms with Gasteiger partial charge in [-0.25, -0.2) is 9.59 Å². The average Bonchev–Trinajstić information content (AvgIpc) is 2.93. The largest absolute Gasteiger partial charge is 0.493 e. The summed E-state index contributed by atoms with van der Waals surface area (Å²) in [6, 6.07) is 5.59. The van der Waals surface area contributed by atoms with Gasteiger partial charge in [-0.3, -0.25) is 19.8 Å². The maximum atomic E-state index is 13.0. The average molecular weight is 404 g/mol. The second kappa shape index (κ2) is 8.91. The lowest BCUT2D eigenvalue weighted by Crippen LogP contribution is -2.49. The number of ether oxygens (including phenoxy) is 2. The molecule has 1 aromatic carbocycles. The summed E-state index contributed by atoms with van der Waals surface area (Å²) in [5, 5.41) is 7.34. The minimum atomic E-state index is -1.26. The number of para-hydroxylation sites is 1. The fraction of sp³-hybridized carbons (Fsp3) is 0.474. The molecule has 0 saturated carbocycles. The number of amides is 6. The Morgan fingerprint density at radius 3 is 2.90 bits per heavy atom. The second-order valence-electron chi connectivity index (χ2n) is 6.68. The van der Waals surface area contributed by atoms with E-state index < -0.39 is 36.0 Å². The van der Waals surface area contributed by atoms with Gasteiger partial charge in [0.05, 0.1) is 6.61 Å². The molecule has 10 nitrogen and oxygen atoms in total. The minimum Gasteiger partial charge on any atom is -0.493 e. The van der Waals surface area contributed by atoms with Crippen molar-refractivity contribution in [3.05, 3.63) is 29.8 Å². The summed E-state index contributed by atoms with van der Waals surface area (Å²) in [5.41, 5.74) is -0.701. The van der Waals surface area contributed by atoms with Crippen molar-refractivity contribution in [1.82, 2.24) is 20.9 Å². The van der Waals surface area contributed by atoms with E-state index in [9.17, 15) is 19.2 Å². The van der Waals surface area contributed by atoms with Gasteiger partial charge in [0.2, 0.25) is 5.91 Å². The molecule has 0 radical (unpaired) electrons.